The molecule has 2 unspecified atom stereocenters. The molecular weight excluding hydrogens is 252 g/mol. The molecule has 2 heterocycles. The monoisotopic (exact) mass is 274 g/mol. The molecule has 4 nitrogen and oxygen atoms in total. The van der Waals surface area contributed by atoms with E-state index in [4.69, 9.17) is 5.11 Å². The smallest absolute Gasteiger partial charge is 0.354 e. The second-order valence-corrected chi connectivity index (χ2v) is 6.04. The molecule has 1 aliphatic carbocycles. The van der Waals surface area contributed by atoms with E-state index in [0.717, 1.165) is 24.7 Å². The van der Waals surface area contributed by atoms with E-state index in [0.29, 0.717) is 6.04 Å². The maximum Gasteiger partial charge on any atom is 0.354 e. The maximum atomic E-state index is 11.0. The fraction of sp³-hybridized carbons (Fsp3) is 0.625. The lowest BCUT2D eigenvalue weighted by atomic mass is 9.78. The van der Waals surface area contributed by atoms with Gasteiger partial charge in [-0.3, -0.25) is 4.90 Å². The summed E-state index contributed by atoms with van der Waals surface area (Å²) < 4.78 is 0. The molecule has 1 saturated heterocycles. The Hall–Kier alpha value is -1.42. The number of aromatic carboxylic acids is 1. The molecule has 1 aromatic rings. The van der Waals surface area contributed by atoms with E-state index in [1.165, 1.54) is 38.5 Å². The molecule has 4 heteroatoms. The first-order valence-corrected chi connectivity index (χ1v) is 7.67. The highest BCUT2D eigenvalue weighted by Gasteiger charge is 2.33. The Morgan fingerprint density at radius 1 is 1.25 bits per heavy atom. The summed E-state index contributed by atoms with van der Waals surface area (Å²) in [6.07, 6.45) is 8.00. The summed E-state index contributed by atoms with van der Waals surface area (Å²) in [4.78, 5) is 17.8. The largest absolute Gasteiger partial charge is 0.477 e. The van der Waals surface area contributed by atoms with Gasteiger partial charge in [-0.15, -0.1) is 0 Å². The first-order valence-electron chi connectivity index (χ1n) is 7.67. The normalized spacial score (nSPS) is 27.0. The average molecular weight is 274 g/mol. The van der Waals surface area contributed by atoms with Crippen molar-refractivity contribution in [1.29, 1.82) is 0 Å². The van der Waals surface area contributed by atoms with Gasteiger partial charge in [-0.1, -0.05) is 18.9 Å². The van der Waals surface area contributed by atoms with Crippen LogP contribution < -0.4 is 0 Å². The lowest BCUT2D eigenvalue weighted by molar-refractivity contribution is 0.0535. The first-order chi connectivity index (χ1) is 9.74. The molecule has 0 bridgehead atoms. The third-order valence-corrected chi connectivity index (χ3v) is 4.75. The molecule has 1 saturated carbocycles. The summed E-state index contributed by atoms with van der Waals surface area (Å²) in [5.74, 6) is -0.0961. The minimum Gasteiger partial charge on any atom is -0.477 e. The number of pyridine rings is 1. The number of aromatic nitrogens is 1. The van der Waals surface area contributed by atoms with Crippen molar-refractivity contribution < 1.29 is 9.90 Å². The van der Waals surface area contributed by atoms with Crippen LogP contribution in [-0.4, -0.2) is 33.5 Å². The van der Waals surface area contributed by atoms with Gasteiger partial charge in [0.1, 0.15) is 5.69 Å². The summed E-state index contributed by atoms with van der Waals surface area (Å²) in [6.45, 7) is 1.92. The standard InChI is InChI=1S/C16H22N2O2/c19-16(20)14-8-3-7-13(17-14)11-18-10-4-6-12-5-1-2-9-15(12)18/h3,7-8,12,15H,1-2,4-6,9-11H2,(H,19,20). The molecule has 0 amide bonds. The van der Waals surface area contributed by atoms with Gasteiger partial charge in [0.2, 0.25) is 0 Å². The molecule has 1 aromatic heterocycles. The lowest BCUT2D eigenvalue weighted by Gasteiger charge is -2.44. The Kier molecular flexibility index (Phi) is 4.01. The number of fused-ring (bicyclic) bond motifs is 1. The zero-order valence-electron chi connectivity index (χ0n) is 11.8. The number of hydrogen-bond donors (Lipinski definition) is 1. The molecule has 2 atom stereocenters. The molecule has 0 spiro atoms. The van der Waals surface area contributed by atoms with Crippen LogP contribution in [0.25, 0.3) is 0 Å². The number of rotatable bonds is 3. The van der Waals surface area contributed by atoms with Gasteiger partial charge in [0, 0.05) is 12.6 Å². The number of carbonyl (C=O) groups is 1. The Morgan fingerprint density at radius 2 is 2.05 bits per heavy atom. The van der Waals surface area contributed by atoms with Crippen LogP contribution >= 0.6 is 0 Å². The summed E-state index contributed by atoms with van der Waals surface area (Å²) in [5.41, 5.74) is 1.04. The summed E-state index contributed by atoms with van der Waals surface area (Å²) in [5, 5.41) is 9.03. The van der Waals surface area contributed by atoms with Crippen LogP contribution in [0.1, 0.15) is 54.7 Å². The van der Waals surface area contributed by atoms with Crippen molar-refractivity contribution in [2.45, 2.75) is 51.1 Å². The molecule has 1 aliphatic heterocycles. The highest BCUT2D eigenvalue weighted by atomic mass is 16.4. The van der Waals surface area contributed by atoms with Crippen LogP contribution in [0, 0.1) is 5.92 Å². The summed E-state index contributed by atoms with van der Waals surface area (Å²) in [6, 6.07) is 5.99. The Bertz CT molecular complexity index is 487. The van der Waals surface area contributed by atoms with Gasteiger partial charge in [0.25, 0.3) is 0 Å². The van der Waals surface area contributed by atoms with E-state index >= 15 is 0 Å². The summed E-state index contributed by atoms with van der Waals surface area (Å²) in [7, 11) is 0. The van der Waals surface area contributed by atoms with E-state index < -0.39 is 5.97 Å². The van der Waals surface area contributed by atoms with Crippen molar-refractivity contribution in [2.75, 3.05) is 6.54 Å². The Labute approximate surface area is 119 Å². The fourth-order valence-electron chi connectivity index (χ4n) is 3.82. The van der Waals surface area contributed by atoms with Crippen molar-refractivity contribution in [3.63, 3.8) is 0 Å². The second kappa shape index (κ2) is 5.92. The molecule has 1 N–H and O–H groups in total. The molecule has 0 aromatic carbocycles. The zero-order valence-corrected chi connectivity index (χ0v) is 11.8. The molecule has 2 fully saturated rings. The van der Waals surface area contributed by atoms with Gasteiger partial charge >= 0.3 is 5.97 Å². The molecule has 3 rings (SSSR count). The van der Waals surface area contributed by atoms with Crippen LogP contribution in [0.2, 0.25) is 0 Å². The maximum absolute atomic E-state index is 11.0. The van der Waals surface area contributed by atoms with Crippen molar-refractivity contribution >= 4 is 5.97 Å². The van der Waals surface area contributed by atoms with Gasteiger partial charge in [-0.2, -0.15) is 0 Å². The van der Waals surface area contributed by atoms with Crippen molar-refractivity contribution in [1.82, 2.24) is 9.88 Å². The molecule has 20 heavy (non-hydrogen) atoms. The van der Waals surface area contributed by atoms with Crippen molar-refractivity contribution in [3.05, 3.63) is 29.6 Å². The van der Waals surface area contributed by atoms with E-state index in [9.17, 15) is 4.79 Å². The topological polar surface area (TPSA) is 53.4 Å². The van der Waals surface area contributed by atoms with Crippen LogP contribution in [0.3, 0.4) is 0 Å². The van der Waals surface area contributed by atoms with Crippen molar-refractivity contribution in [3.8, 4) is 0 Å². The average Bonchev–Trinajstić information content (AvgIpc) is 2.48. The van der Waals surface area contributed by atoms with E-state index in [1.54, 1.807) is 12.1 Å². The third kappa shape index (κ3) is 2.85. The van der Waals surface area contributed by atoms with Crippen molar-refractivity contribution in [2.24, 2.45) is 5.92 Å². The minimum atomic E-state index is -0.943. The third-order valence-electron chi connectivity index (χ3n) is 4.75. The predicted molar refractivity (Wildman–Crippen MR) is 76.6 cm³/mol. The second-order valence-electron chi connectivity index (χ2n) is 6.04. The van der Waals surface area contributed by atoms with Gasteiger partial charge in [-0.25, -0.2) is 9.78 Å². The van der Waals surface area contributed by atoms with E-state index in [-0.39, 0.29) is 5.69 Å². The summed E-state index contributed by atoms with van der Waals surface area (Å²) >= 11 is 0. The van der Waals surface area contributed by atoms with Crippen LogP contribution in [0.15, 0.2) is 18.2 Å². The van der Waals surface area contributed by atoms with Gasteiger partial charge in [0.15, 0.2) is 0 Å². The van der Waals surface area contributed by atoms with Crippen LogP contribution in [0.4, 0.5) is 0 Å². The van der Waals surface area contributed by atoms with Crippen LogP contribution in [0.5, 0.6) is 0 Å². The molecule has 108 valence electrons. The van der Waals surface area contributed by atoms with Gasteiger partial charge < -0.3 is 5.11 Å². The Morgan fingerprint density at radius 3 is 2.90 bits per heavy atom. The molecule has 0 radical (unpaired) electrons. The highest BCUT2D eigenvalue weighted by molar-refractivity contribution is 5.85. The number of carboxylic acid groups (broad SMARTS) is 1. The van der Waals surface area contributed by atoms with Gasteiger partial charge in [-0.05, 0) is 50.3 Å². The quantitative estimate of drug-likeness (QED) is 0.920. The molecule has 2 aliphatic rings. The number of carboxylic acids is 1. The van der Waals surface area contributed by atoms with E-state index in [1.807, 2.05) is 6.07 Å². The first kappa shape index (κ1) is 13.6. The Balaban J connectivity index is 1.72. The van der Waals surface area contributed by atoms with Crippen LogP contribution in [-0.2, 0) is 6.54 Å². The minimum absolute atomic E-state index is 0.153. The molecular formula is C16H22N2O2. The number of hydrogen-bond acceptors (Lipinski definition) is 3. The number of piperidine rings is 1. The predicted octanol–water partition coefficient (Wildman–Crippen LogP) is 2.93. The number of likely N-dealkylation sites (tertiary alicyclic amines) is 1. The SMILES string of the molecule is O=C(O)c1cccc(CN2CCCC3CCCCC32)n1. The lowest BCUT2D eigenvalue weighted by Crippen LogP contribution is -2.46. The number of nitrogens with zero attached hydrogens (tertiary/aromatic N) is 2. The van der Waals surface area contributed by atoms with E-state index in [2.05, 4.69) is 9.88 Å². The van der Waals surface area contributed by atoms with Gasteiger partial charge in [0.05, 0.1) is 5.69 Å². The zero-order chi connectivity index (χ0) is 13.9. The highest BCUT2D eigenvalue weighted by Crippen LogP contribution is 2.35. The fourth-order valence-corrected chi connectivity index (χ4v) is 3.82.